The molecule has 6 heteroatoms. The van der Waals surface area contributed by atoms with Crippen LogP contribution in [0.1, 0.15) is 10.4 Å². The van der Waals surface area contributed by atoms with Crippen molar-refractivity contribution in [2.75, 3.05) is 13.1 Å². The van der Waals surface area contributed by atoms with E-state index in [1.807, 2.05) is 0 Å². The van der Waals surface area contributed by atoms with E-state index in [1.165, 1.54) is 0 Å². The second-order valence-electron chi connectivity index (χ2n) is 3.72. The fourth-order valence-electron chi connectivity index (χ4n) is 1.62. The van der Waals surface area contributed by atoms with Crippen LogP contribution in [0.3, 0.4) is 0 Å². The first kappa shape index (κ1) is 12.1. The zero-order valence-electron chi connectivity index (χ0n) is 9.60. The van der Waals surface area contributed by atoms with Gasteiger partial charge in [0.1, 0.15) is 11.3 Å². The van der Waals surface area contributed by atoms with E-state index in [1.54, 1.807) is 24.3 Å². The molecule has 0 fully saturated rings. The Bertz CT molecular complexity index is 648. The van der Waals surface area contributed by atoms with E-state index in [9.17, 15) is 14.7 Å². The molecule has 1 aromatic heterocycles. The maximum absolute atomic E-state index is 11.7. The Labute approximate surface area is 102 Å². The van der Waals surface area contributed by atoms with Gasteiger partial charge in [0, 0.05) is 0 Å². The van der Waals surface area contributed by atoms with E-state index in [-0.39, 0.29) is 16.9 Å². The van der Waals surface area contributed by atoms with Crippen molar-refractivity contribution in [3.63, 3.8) is 0 Å². The number of para-hydroxylation sites is 1. The summed E-state index contributed by atoms with van der Waals surface area (Å²) >= 11 is 0. The summed E-state index contributed by atoms with van der Waals surface area (Å²) in [5.41, 5.74) is 2.58. The summed E-state index contributed by atoms with van der Waals surface area (Å²) in [4.78, 5) is 23.4. The fraction of sp³-hybridized carbons (Fsp3) is 0.167. The molecule has 18 heavy (non-hydrogen) atoms. The lowest BCUT2D eigenvalue weighted by Crippen LogP contribution is -2.55. The Morgan fingerprint density at radius 2 is 2.11 bits per heavy atom. The molecule has 0 saturated heterocycles. The monoisotopic (exact) mass is 249 g/mol. The summed E-state index contributed by atoms with van der Waals surface area (Å²) in [6.07, 6.45) is 0. The van der Waals surface area contributed by atoms with Crippen LogP contribution in [0.5, 0.6) is 5.75 Å². The molecule has 1 aromatic carbocycles. The average Bonchev–Trinajstić information content (AvgIpc) is 2.36. The Morgan fingerprint density at radius 3 is 2.83 bits per heavy atom. The van der Waals surface area contributed by atoms with Crippen LogP contribution < -0.4 is 16.7 Å². The first-order valence-corrected chi connectivity index (χ1v) is 5.47. The number of hydrogen-bond acceptors (Lipinski definition) is 4. The topological polar surface area (TPSA) is 107 Å². The number of aromatic hydroxyl groups is 1. The zero-order chi connectivity index (χ0) is 13.1. The minimum Gasteiger partial charge on any atom is -0.506 e. The third-order valence-electron chi connectivity index (χ3n) is 2.48. The fourth-order valence-corrected chi connectivity index (χ4v) is 1.62. The van der Waals surface area contributed by atoms with Gasteiger partial charge in [-0.25, -0.2) is 4.79 Å². The Kier molecular flexibility index (Phi) is 3.29. The van der Waals surface area contributed by atoms with E-state index in [0.717, 1.165) is 0 Å². The molecule has 0 radical (unpaired) electrons. The van der Waals surface area contributed by atoms with Crippen molar-refractivity contribution in [3.05, 3.63) is 40.2 Å². The summed E-state index contributed by atoms with van der Waals surface area (Å²) in [6, 6.07) is 6.48. The van der Waals surface area contributed by atoms with E-state index in [2.05, 4.69) is 11.1 Å². The van der Waals surface area contributed by atoms with Crippen LogP contribution in [0, 0.1) is 0 Å². The van der Waals surface area contributed by atoms with Gasteiger partial charge in [-0.05, 0) is 12.1 Å². The number of quaternary nitrogens is 1. The van der Waals surface area contributed by atoms with Crippen molar-refractivity contribution in [3.8, 4) is 5.75 Å². The third kappa shape index (κ3) is 2.05. The lowest BCUT2D eigenvalue weighted by atomic mass is 10.1. The number of fused-ring (bicyclic) bond motifs is 1. The molecule has 0 saturated carbocycles. The molecule has 0 aliphatic carbocycles. The normalized spacial score (nSPS) is 10.5. The Hall–Kier alpha value is -2.34. The predicted molar refractivity (Wildman–Crippen MR) is 64.2 cm³/mol. The molecule has 0 aliphatic rings. The molecule has 1 amide bonds. The molecular weight excluding hydrogens is 236 g/mol. The molecule has 0 bridgehead atoms. The third-order valence-corrected chi connectivity index (χ3v) is 2.48. The zero-order valence-corrected chi connectivity index (χ0v) is 9.60. The van der Waals surface area contributed by atoms with Crippen LogP contribution in [-0.4, -0.2) is 24.1 Å². The van der Waals surface area contributed by atoms with Gasteiger partial charge in [-0.2, -0.15) is 0 Å². The number of nitrogens with one attached hydrogen (secondary N) is 1. The van der Waals surface area contributed by atoms with Crippen molar-refractivity contribution < 1.29 is 20.1 Å². The second kappa shape index (κ2) is 4.89. The highest BCUT2D eigenvalue weighted by Crippen LogP contribution is 2.25. The lowest BCUT2D eigenvalue weighted by Gasteiger charge is -2.05. The van der Waals surface area contributed by atoms with Gasteiger partial charge in [0.05, 0.1) is 18.5 Å². The van der Waals surface area contributed by atoms with Gasteiger partial charge in [0.15, 0.2) is 5.56 Å². The molecule has 6 nitrogen and oxygen atoms in total. The molecule has 5 N–H and O–H groups in total. The smallest absolute Gasteiger partial charge is 0.353 e. The number of hydrogen-bond donors (Lipinski definition) is 3. The van der Waals surface area contributed by atoms with Crippen LogP contribution in [0.15, 0.2) is 33.5 Å². The predicted octanol–water partition coefficient (Wildman–Crippen LogP) is -0.530. The van der Waals surface area contributed by atoms with Gasteiger partial charge in [0.2, 0.25) is 0 Å². The number of rotatable bonds is 3. The summed E-state index contributed by atoms with van der Waals surface area (Å²) in [5.74, 6) is -1.01. The molecule has 0 atom stereocenters. The van der Waals surface area contributed by atoms with E-state index >= 15 is 0 Å². The average molecular weight is 249 g/mol. The largest absolute Gasteiger partial charge is 0.506 e. The van der Waals surface area contributed by atoms with Gasteiger partial charge < -0.3 is 20.6 Å². The molecule has 1 heterocycles. The summed E-state index contributed by atoms with van der Waals surface area (Å²) in [7, 11) is 0. The van der Waals surface area contributed by atoms with Crippen molar-refractivity contribution in [1.29, 1.82) is 0 Å². The minimum absolute atomic E-state index is 0.244. The maximum Gasteiger partial charge on any atom is 0.353 e. The molecule has 2 rings (SSSR count). The summed E-state index contributed by atoms with van der Waals surface area (Å²) in [6.45, 7) is 0.815. The number of benzene rings is 1. The van der Waals surface area contributed by atoms with E-state index in [0.29, 0.717) is 18.5 Å². The summed E-state index contributed by atoms with van der Waals surface area (Å²) in [5, 5.41) is 12.8. The molecule has 0 unspecified atom stereocenters. The van der Waals surface area contributed by atoms with E-state index < -0.39 is 11.5 Å². The Balaban J connectivity index is 2.57. The first-order valence-electron chi connectivity index (χ1n) is 5.47. The molecule has 94 valence electrons. The quantitative estimate of drug-likeness (QED) is 0.635. The number of carbonyl (C=O) groups excluding carboxylic acids is 1. The van der Waals surface area contributed by atoms with Gasteiger partial charge >= 0.3 is 5.63 Å². The Morgan fingerprint density at radius 1 is 1.39 bits per heavy atom. The lowest BCUT2D eigenvalue weighted by molar-refractivity contribution is -0.364. The SMILES string of the molecule is [NH3+]CCNC(=O)c1c(O)c2ccccc2oc1=O. The maximum atomic E-state index is 11.7. The second-order valence-corrected chi connectivity index (χ2v) is 3.72. The highest BCUT2D eigenvalue weighted by Gasteiger charge is 2.20. The van der Waals surface area contributed by atoms with Crippen LogP contribution >= 0.6 is 0 Å². The van der Waals surface area contributed by atoms with Gasteiger partial charge in [0.25, 0.3) is 5.91 Å². The number of carbonyl (C=O) groups is 1. The summed E-state index contributed by atoms with van der Waals surface area (Å²) < 4.78 is 4.98. The van der Waals surface area contributed by atoms with Crippen LogP contribution in [-0.2, 0) is 0 Å². The standard InChI is InChI=1S/C12H12N2O4/c13-5-6-14-11(16)9-10(15)7-3-1-2-4-8(7)18-12(9)17/h1-4,15H,5-6,13H2,(H,14,16)/p+1. The van der Waals surface area contributed by atoms with Crippen LogP contribution in [0.25, 0.3) is 11.0 Å². The van der Waals surface area contributed by atoms with Crippen LogP contribution in [0.4, 0.5) is 0 Å². The van der Waals surface area contributed by atoms with Gasteiger partial charge in [-0.15, -0.1) is 0 Å². The molecule has 0 spiro atoms. The number of amides is 1. The van der Waals surface area contributed by atoms with Gasteiger partial charge in [-0.1, -0.05) is 12.1 Å². The molecular formula is C12H13N2O4+. The van der Waals surface area contributed by atoms with Crippen LogP contribution in [0.2, 0.25) is 0 Å². The highest BCUT2D eigenvalue weighted by molar-refractivity contribution is 6.01. The molecule has 0 aliphatic heterocycles. The van der Waals surface area contributed by atoms with Gasteiger partial charge in [-0.3, -0.25) is 4.79 Å². The van der Waals surface area contributed by atoms with Crippen molar-refractivity contribution >= 4 is 16.9 Å². The van der Waals surface area contributed by atoms with Crippen molar-refractivity contribution in [1.82, 2.24) is 5.32 Å². The van der Waals surface area contributed by atoms with E-state index in [4.69, 9.17) is 4.42 Å². The first-order chi connectivity index (χ1) is 8.65. The van der Waals surface area contributed by atoms with Crippen molar-refractivity contribution in [2.24, 2.45) is 0 Å². The minimum atomic E-state index is -0.854. The highest BCUT2D eigenvalue weighted by atomic mass is 16.4. The van der Waals surface area contributed by atoms with Crippen molar-refractivity contribution in [2.45, 2.75) is 0 Å². The molecule has 2 aromatic rings.